The smallest absolute Gasteiger partial charge is 0.253 e. The first kappa shape index (κ1) is 16.6. The number of primary amides is 1. The maximum absolute atomic E-state index is 12.2. The number of ether oxygens (including phenoxy) is 1. The van der Waals surface area contributed by atoms with Gasteiger partial charge in [-0.1, -0.05) is 28.1 Å². The Labute approximate surface area is 126 Å². The summed E-state index contributed by atoms with van der Waals surface area (Å²) in [6.45, 7) is 0.147. The minimum Gasteiger partial charge on any atom is -0.370 e. The Bertz CT molecular complexity index is 460. The zero-order chi connectivity index (χ0) is 15.1. The van der Waals surface area contributed by atoms with E-state index in [9.17, 15) is 9.59 Å². The predicted molar refractivity (Wildman–Crippen MR) is 78.6 cm³/mol. The van der Waals surface area contributed by atoms with E-state index >= 15 is 0 Å². The van der Waals surface area contributed by atoms with Crippen molar-refractivity contribution in [3.05, 3.63) is 34.3 Å². The highest BCUT2D eigenvalue weighted by Crippen LogP contribution is 2.13. The summed E-state index contributed by atoms with van der Waals surface area (Å²) in [7, 11) is 1.40. The average Bonchev–Trinajstić information content (AvgIpc) is 2.41. The van der Waals surface area contributed by atoms with E-state index in [4.69, 9.17) is 16.2 Å². The van der Waals surface area contributed by atoms with Crippen LogP contribution in [-0.2, 0) is 20.9 Å². The fourth-order valence-corrected chi connectivity index (χ4v) is 1.98. The number of carbonyl (C=O) groups excluding carboxylic acids is 2. The maximum atomic E-state index is 12.2. The van der Waals surface area contributed by atoms with E-state index in [1.54, 1.807) is 0 Å². The summed E-state index contributed by atoms with van der Waals surface area (Å²) >= 11 is 3.34. The highest BCUT2D eigenvalue weighted by molar-refractivity contribution is 9.10. The summed E-state index contributed by atoms with van der Waals surface area (Å²) in [4.78, 5) is 24.7. The topological polar surface area (TPSA) is 98.7 Å². The molecule has 2 amide bonds. The molecule has 0 saturated heterocycles. The molecule has 0 aliphatic carbocycles. The Morgan fingerprint density at radius 1 is 1.35 bits per heavy atom. The molecule has 0 aromatic heterocycles. The van der Waals surface area contributed by atoms with Crippen LogP contribution >= 0.6 is 15.9 Å². The molecule has 1 rings (SSSR count). The van der Waals surface area contributed by atoms with Gasteiger partial charge in [-0.3, -0.25) is 9.59 Å². The van der Waals surface area contributed by atoms with Crippen LogP contribution in [0.15, 0.2) is 28.7 Å². The van der Waals surface area contributed by atoms with E-state index in [1.165, 1.54) is 12.0 Å². The zero-order valence-electron chi connectivity index (χ0n) is 11.2. The Kier molecular flexibility index (Phi) is 6.63. The quantitative estimate of drug-likeness (QED) is 0.740. The number of halogens is 1. The lowest BCUT2D eigenvalue weighted by Crippen LogP contribution is -2.46. The van der Waals surface area contributed by atoms with Crippen molar-refractivity contribution in [1.29, 1.82) is 0 Å². The molecule has 7 heteroatoms. The van der Waals surface area contributed by atoms with Crippen molar-refractivity contribution in [2.24, 2.45) is 11.5 Å². The Balaban J connectivity index is 2.85. The fourth-order valence-electron chi connectivity index (χ4n) is 1.71. The number of hydrogen-bond acceptors (Lipinski definition) is 4. The zero-order valence-corrected chi connectivity index (χ0v) is 12.8. The predicted octanol–water partition coefficient (Wildman–Crippen LogP) is 0.237. The summed E-state index contributed by atoms with van der Waals surface area (Å²) in [5.74, 6) is -0.931. The third kappa shape index (κ3) is 4.92. The van der Waals surface area contributed by atoms with Crippen LogP contribution in [0.3, 0.4) is 0 Å². The molecule has 0 spiro atoms. The number of hydrogen-bond donors (Lipinski definition) is 2. The molecule has 0 saturated carbocycles. The van der Waals surface area contributed by atoms with Gasteiger partial charge >= 0.3 is 0 Å². The van der Waals surface area contributed by atoms with Gasteiger partial charge in [0.25, 0.3) is 5.91 Å². The van der Waals surface area contributed by atoms with Crippen molar-refractivity contribution in [3.63, 3.8) is 0 Å². The molecule has 20 heavy (non-hydrogen) atoms. The minimum absolute atomic E-state index is 0.0466. The molecular weight excluding hydrogens is 326 g/mol. The van der Waals surface area contributed by atoms with Gasteiger partial charge in [-0.2, -0.15) is 0 Å². The highest BCUT2D eigenvalue weighted by atomic mass is 79.9. The Morgan fingerprint density at radius 2 is 1.95 bits per heavy atom. The van der Waals surface area contributed by atoms with Gasteiger partial charge < -0.3 is 21.1 Å². The van der Waals surface area contributed by atoms with Gasteiger partial charge in [0.05, 0.1) is 6.54 Å². The lowest BCUT2D eigenvalue weighted by atomic mass is 10.2. The van der Waals surface area contributed by atoms with E-state index in [1.807, 2.05) is 24.3 Å². The summed E-state index contributed by atoms with van der Waals surface area (Å²) < 4.78 is 5.94. The monoisotopic (exact) mass is 343 g/mol. The number of benzene rings is 1. The molecule has 0 heterocycles. The number of methoxy groups -OCH3 is 1. The van der Waals surface area contributed by atoms with E-state index in [0.717, 1.165) is 10.0 Å². The number of nitrogens with zero attached hydrogens (tertiary/aromatic N) is 1. The fraction of sp³-hybridized carbons (Fsp3) is 0.385. The van der Waals surface area contributed by atoms with Gasteiger partial charge in [-0.05, 0) is 17.7 Å². The first-order chi connectivity index (χ1) is 9.47. The second-order valence-electron chi connectivity index (χ2n) is 4.25. The van der Waals surface area contributed by atoms with Gasteiger partial charge in [0, 0.05) is 24.7 Å². The molecule has 1 unspecified atom stereocenters. The number of carbonyl (C=O) groups is 2. The van der Waals surface area contributed by atoms with E-state index in [0.29, 0.717) is 0 Å². The average molecular weight is 344 g/mol. The second kappa shape index (κ2) is 7.98. The largest absolute Gasteiger partial charge is 0.370 e. The molecular formula is C13H18BrN3O3. The lowest BCUT2D eigenvalue weighted by Gasteiger charge is -2.25. The van der Waals surface area contributed by atoms with Gasteiger partial charge in [0.2, 0.25) is 5.91 Å². The SMILES string of the molecule is COC(CN)C(=O)N(CC(N)=O)Cc1ccc(Br)cc1. The van der Waals surface area contributed by atoms with Crippen molar-refractivity contribution >= 4 is 27.7 Å². The van der Waals surface area contributed by atoms with E-state index in [2.05, 4.69) is 15.9 Å². The van der Waals surface area contributed by atoms with Crippen LogP contribution < -0.4 is 11.5 Å². The molecule has 1 aromatic carbocycles. The Hall–Kier alpha value is -1.44. The van der Waals surface area contributed by atoms with Crippen molar-refractivity contribution in [2.75, 3.05) is 20.2 Å². The van der Waals surface area contributed by atoms with Crippen LogP contribution in [0.2, 0.25) is 0 Å². The first-order valence-electron chi connectivity index (χ1n) is 6.02. The summed E-state index contributed by atoms with van der Waals surface area (Å²) in [5, 5.41) is 0. The molecule has 1 atom stereocenters. The van der Waals surface area contributed by atoms with Crippen LogP contribution in [0, 0.1) is 0 Å². The molecule has 0 aliphatic rings. The second-order valence-corrected chi connectivity index (χ2v) is 5.16. The van der Waals surface area contributed by atoms with E-state index < -0.39 is 12.0 Å². The summed E-state index contributed by atoms with van der Waals surface area (Å²) in [6.07, 6.45) is -0.773. The minimum atomic E-state index is -0.773. The van der Waals surface area contributed by atoms with Crippen molar-refractivity contribution in [1.82, 2.24) is 4.90 Å². The van der Waals surface area contributed by atoms with Gasteiger partial charge in [0.1, 0.15) is 6.10 Å². The van der Waals surface area contributed by atoms with Crippen LogP contribution in [0.1, 0.15) is 5.56 Å². The molecule has 0 aliphatic heterocycles. The summed E-state index contributed by atoms with van der Waals surface area (Å²) in [6, 6.07) is 7.43. The molecule has 4 N–H and O–H groups in total. The van der Waals surface area contributed by atoms with Crippen LogP contribution in [0.4, 0.5) is 0 Å². The third-order valence-electron chi connectivity index (χ3n) is 2.72. The number of rotatable bonds is 7. The molecule has 6 nitrogen and oxygen atoms in total. The molecule has 110 valence electrons. The van der Waals surface area contributed by atoms with E-state index in [-0.39, 0.29) is 25.5 Å². The van der Waals surface area contributed by atoms with Gasteiger partial charge in [-0.25, -0.2) is 0 Å². The van der Waals surface area contributed by atoms with Crippen molar-refractivity contribution < 1.29 is 14.3 Å². The highest BCUT2D eigenvalue weighted by Gasteiger charge is 2.24. The number of nitrogens with two attached hydrogens (primary N) is 2. The summed E-state index contributed by atoms with van der Waals surface area (Å²) in [5.41, 5.74) is 11.5. The van der Waals surface area contributed by atoms with Crippen LogP contribution in [-0.4, -0.2) is 43.0 Å². The van der Waals surface area contributed by atoms with Gasteiger partial charge in [-0.15, -0.1) is 0 Å². The normalized spacial score (nSPS) is 11.9. The lowest BCUT2D eigenvalue weighted by molar-refractivity contribution is -0.144. The molecule has 0 radical (unpaired) electrons. The maximum Gasteiger partial charge on any atom is 0.253 e. The molecule has 1 aromatic rings. The molecule has 0 bridgehead atoms. The van der Waals surface area contributed by atoms with Gasteiger partial charge in [0.15, 0.2) is 0 Å². The van der Waals surface area contributed by atoms with Crippen molar-refractivity contribution in [2.45, 2.75) is 12.6 Å². The van der Waals surface area contributed by atoms with Crippen LogP contribution in [0.25, 0.3) is 0 Å². The van der Waals surface area contributed by atoms with Crippen LogP contribution in [0.5, 0.6) is 0 Å². The standard InChI is InChI=1S/C13H18BrN3O3/c1-20-11(6-15)13(19)17(8-12(16)18)7-9-2-4-10(14)5-3-9/h2-5,11H,6-8,15H2,1H3,(H2,16,18). The van der Waals surface area contributed by atoms with Crippen molar-refractivity contribution in [3.8, 4) is 0 Å². The first-order valence-corrected chi connectivity index (χ1v) is 6.81. The molecule has 0 fully saturated rings. The number of amides is 2. The third-order valence-corrected chi connectivity index (χ3v) is 3.25. The Morgan fingerprint density at radius 3 is 2.40 bits per heavy atom.